The molecule has 14 nitrogen and oxygen atoms in total. The zero-order valence-corrected chi connectivity index (χ0v) is 26.2. The van der Waals surface area contributed by atoms with Crippen molar-refractivity contribution in [2.75, 3.05) is 54.3 Å². The highest BCUT2D eigenvalue weighted by molar-refractivity contribution is 7.80. The van der Waals surface area contributed by atoms with E-state index in [2.05, 4.69) is 5.32 Å². The van der Waals surface area contributed by atoms with E-state index in [0.717, 1.165) is 6.42 Å². The van der Waals surface area contributed by atoms with Crippen LogP contribution < -0.4 is 5.32 Å². The number of carbonyl (C=O) groups is 3. The van der Waals surface area contributed by atoms with Crippen molar-refractivity contribution in [1.29, 1.82) is 0 Å². The summed E-state index contributed by atoms with van der Waals surface area (Å²) in [5.74, 6) is -1.83. The average Bonchev–Trinajstić information content (AvgIpc) is 2.90. The van der Waals surface area contributed by atoms with Crippen LogP contribution in [0.1, 0.15) is 46.5 Å². The molecule has 0 bridgehead atoms. The van der Waals surface area contributed by atoms with Gasteiger partial charge in [0, 0.05) is 67.6 Å². The number of unbranched alkanes of at least 4 members (excludes halogenated alkanes) is 1. The summed E-state index contributed by atoms with van der Waals surface area (Å²) in [7, 11) is 2.45. The maximum Gasteiger partial charge on any atom is 0.329 e. The van der Waals surface area contributed by atoms with Crippen molar-refractivity contribution in [3.63, 3.8) is 0 Å². The van der Waals surface area contributed by atoms with Crippen LogP contribution in [0.15, 0.2) is 0 Å². The molecule has 16 heteroatoms. The minimum absolute atomic E-state index is 0.138. The maximum atomic E-state index is 11.7. The fourth-order valence-corrected chi connectivity index (χ4v) is 4.81. The fourth-order valence-electron chi connectivity index (χ4n) is 4.03. The van der Waals surface area contributed by atoms with Crippen LogP contribution in [0.25, 0.3) is 0 Å². The van der Waals surface area contributed by atoms with E-state index in [1.54, 1.807) is 14.2 Å². The molecule has 0 saturated carbocycles. The van der Waals surface area contributed by atoms with Gasteiger partial charge in [-0.3, -0.25) is 14.4 Å². The predicted octanol–water partition coefficient (Wildman–Crippen LogP) is 1.79. The van der Waals surface area contributed by atoms with E-state index < -0.39 is 57.2 Å². The number of hydrogen-bond acceptors (Lipinski definition) is 14. The second kappa shape index (κ2) is 21.2. The molecule has 7 atom stereocenters. The Labute approximate surface area is 247 Å². The lowest BCUT2D eigenvalue weighted by molar-refractivity contribution is -0.266. The van der Waals surface area contributed by atoms with Gasteiger partial charge in [0.25, 0.3) is 0 Å². The van der Waals surface area contributed by atoms with E-state index in [1.165, 1.54) is 27.9 Å². The molecular formula is C25H44NO13PS. The normalized spacial score (nSPS) is 22.7. The number of esters is 3. The summed E-state index contributed by atoms with van der Waals surface area (Å²) in [4.78, 5) is 45.1. The SMILES string of the molecule is COCC(CNC(=S)CCCCOC1CC(OC(C)=O)C(OC(C)=O)C(COC(C)=O)O1)C(COC)OP(O)OC. The topological polar surface area (TPSA) is 167 Å². The van der Waals surface area contributed by atoms with E-state index in [1.807, 2.05) is 0 Å². The molecule has 0 aromatic rings. The Kier molecular flexibility index (Phi) is 19.4. The van der Waals surface area contributed by atoms with Crippen LogP contribution >= 0.6 is 20.8 Å². The third-order valence-corrected chi connectivity index (χ3v) is 6.95. The van der Waals surface area contributed by atoms with Gasteiger partial charge in [0.1, 0.15) is 18.8 Å². The summed E-state index contributed by atoms with van der Waals surface area (Å²) in [5, 5.41) is 3.22. The van der Waals surface area contributed by atoms with Gasteiger partial charge in [0.05, 0.1) is 24.3 Å². The summed E-state index contributed by atoms with van der Waals surface area (Å²) >= 11 is 5.47. The molecule has 0 aliphatic carbocycles. The molecule has 2 N–H and O–H groups in total. The largest absolute Gasteiger partial charge is 0.463 e. The molecule has 0 aromatic carbocycles. The molecule has 0 radical (unpaired) electrons. The highest BCUT2D eigenvalue weighted by Gasteiger charge is 2.44. The van der Waals surface area contributed by atoms with Crippen molar-refractivity contribution < 1.29 is 61.5 Å². The molecule has 1 rings (SSSR count). The highest BCUT2D eigenvalue weighted by Crippen LogP contribution is 2.35. The van der Waals surface area contributed by atoms with E-state index >= 15 is 0 Å². The van der Waals surface area contributed by atoms with Crippen molar-refractivity contribution in [2.24, 2.45) is 5.92 Å². The molecule has 0 amide bonds. The summed E-state index contributed by atoms with van der Waals surface area (Å²) < 4.78 is 48.4. The predicted molar refractivity (Wildman–Crippen MR) is 150 cm³/mol. The smallest absolute Gasteiger partial charge is 0.329 e. The van der Waals surface area contributed by atoms with Gasteiger partial charge in [-0.1, -0.05) is 12.2 Å². The Bertz CT molecular complexity index is 807. The van der Waals surface area contributed by atoms with Crippen molar-refractivity contribution in [2.45, 2.75) is 77.2 Å². The standard InChI is InChI=1S/C25H44NO13PS/c1-16(27)35-15-22-25(37-18(3)29)20(36-17(2)28)11-24(38-22)34-10-8-7-9-23(41)26-12-19(13-31-4)21(14-32-5)39-40(30)33-6/h19-22,24-25,30H,7-15H2,1-6H3,(H,26,41). The molecule has 1 saturated heterocycles. The third-order valence-electron chi connectivity index (χ3n) is 5.84. The zero-order valence-electron chi connectivity index (χ0n) is 24.5. The minimum atomic E-state index is -2.03. The van der Waals surface area contributed by atoms with Gasteiger partial charge in [-0.05, 0) is 19.3 Å². The van der Waals surface area contributed by atoms with E-state index in [4.69, 9.17) is 54.4 Å². The van der Waals surface area contributed by atoms with Crippen LogP contribution in [0.4, 0.5) is 0 Å². The molecule has 41 heavy (non-hydrogen) atoms. The number of methoxy groups -OCH3 is 2. The lowest BCUT2D eigenvalue weighted by Gasteiger charge is -2.39. The average molecular weight is 630 g/mol. The molecule has 238 valence electrons. The van der Waals surface area contributed by atoms with Gasteiger partial charge in [0.15, 0.2) is 12.4 Å². The van der Waals surface area contributed by atoms with Gasteiger partial charge in [-0.15, -0.1) is 0 Å². The molecule has 7 unspecified atom stereocenters. The fraction of sp³-hybridized carbons (Fsp3) is 0.840. The van der Waals surface area contributed by atoms with Crippen LogP contribution in [0, 0.1) is 5.92 Å². The second-order valence-electron chi connectivity index (χ2n) is 9.23. The number of ether oxygens (including phenoxy) is 7. The maximum absolute atomic E-state index is 11.7. The third kappa shape index (κ3) is 16.0. The Morgan fingerprint density at radius 3 is 2.29 bits per heavy atom. The Morgan fingerprint density at radius 2 is 1.71 bits per heavy atom. The number of hydrogen-bond donors (Lipinski definition) is 2. The number of nitrogens with one attached hydrogen (secondary N) is 1. The van der Waals surface area contributed by atoms with E-state index in [9.17, 15) is 19.3 Å². The van der Waals surface area contributed by atoms with Crippen molar-refractivity contribution >= 4 is 43.7 Å². The monoisotopic (exact) mass is 629 g/mol. The molecule has 1 heterocycles. The number of thiocarbonyl (C=S) groups is 1. The molecule has 0 spiro atoms. The highest BCUT2D eigenvalue weighted by atomic mass is 32.1. The van der Waals surface area contributed by atoms with Gasteiger partial charge in [0.2, 0.25) is 0 Å². The Morgan fingerprint density at radius 1 is 1.02 bits per heavy atom. The molecule has 1 fully saturated rings. The van der Waals surface area contributed by atoms with Crippen molar-refractivity contribution in [1.82, 2.24) is 5.32 Å². The summed E-state index contributed by atoms with van der Waals surface area (Å²) in [5.41, 5.74) is 0. The van der Waals surface area contributed by atoms with Crippen LogP contribution in [0.2, 0.25) is 0 Å². The van der Waals surface area contributed by atoms with Crippen LogP contribution in [0.3, 0.4) is 0 Å². The van der Waals surface area contributed by atoms with E-state index in [0.29, 0.717) is 37.6 Å². The zero-order chi connectivity index (χ0) is 30.8. The quantitative estimate of drug-likeness (QED) is 0.0657. The van der Waals surface area contributed by atoms with Gasteiger partial charge in [-0.2, -0.15) is 0 Å². The molecule has 1 aliphatic heterocycles. The number of carbonyl (C=O) groups excluding carboxylic acids is 3. The first-order valence-corrected chi connectivity index (χ1v) is 14.7. The minimum Gasteiger partial charge on any atom is -0.463 e. The molecule has 0 aromatic heterocycles. The van der Waals surface area contributed by atoms with Gasteiger partial charge < -0.3 is 52.4 Å². The van der Waals surface area contributed by atoms with Crippen LogP contribution in [-0.2, 0) is 56.6 Å². The van der Waals surface area contributed by atoms with Crippen molar-refractivity contribution in [3.8, 4) is 0 Å². The summed E-state index contributed by atoms with van der Waals surface area (Å²) in [6.07, 6.45) is -1.77. The Balaban J connectivity index is 2.57. The summed E-state index contributed by atoms with van der Waals surface area (Å²) in [6.45, 7) is 4.90. The first-order valence-electron chi connectivity index (χ1n) is 13.2. The van der Waals surface area contributed by atoms with E-state index in [-0.39, 0.29) is 25.6 Å². The summed E-state index contributed by atoms with van der Waals surface area (Å²) in [6, 6.07) is 0. The van der Waals surface area contributed by atoms with Crippen LogP contribution in [0.5, 0.6) is 0 Å². The molecule has 1 aliphatic rings. The lowest BCUT2D eigenvalue weighted by atomic mass is 10.0. The lowest BCUT2D eigenvalue weighted by Crippen LogP contribution is -2.54. The number of rotatable bonds is 20. The first-order chi connectivity index (χ1) is 19.5. The molecular weight excluding hydrogens is 585 g/mol. The second-order valence-corrected chi connectivity index (χ2v) is 10.8. The van der Waals surface area contributed by atoms with Crippen LogP contribution in [-0.4, -0.2) is 113 Å². The first kappa shape index (κ1) is 37.5. The Hall–Kier alpha value is -1.55. The van der Waals surface area contributed by atoms with Gasteiger partial charge >= 0.3 is 26.5 Å². The van der Waals surface area contributed by atoms with Crippen molar-refractivity contribution in [3.05, 3.63) is 0 Å². The van der Waals surface area contributed by atoms with Gasteiger partial charge in [-0.25, -0.2) is 0 Å².